The summed E-state index contributed by atoms with van der Waals surface area (Å²) in [6.45, 7) is 1.76. The largest absolute Gasteiger partial charge is 1.00 e. The van der Waals surface area contributed by atoms with Gasteiger partial charge in [-0.1, -0.05) is 24.3 Å². The van der Waals surface area contributed by atoms with Crippen LogP contribution in [0.3, 0.4) is 0 Å². The highest BCUT2D eigenvalue weighted by Gasteiger charge is 2.06. The van der Waals surface area contributed by atoms with Gasteiger partial charge >= 0.3 is 0 Å². The summed E-state index contributed by atoms with van der Waals surface area (Å²) in [6.07, 6.45) is 8.75. The van der Waals surface area contributed by atoms with Crippen molar-refractivity contribution in [3.05, 3.63) is 97.3 Å². The molecule has 0 spiro atoms. The monoisotopic (exact) mass is 470 g/mol. The van der Waals surface area contributed by atoms with Crippen molar-refractivity contribution >= 4 is 21.8 Å². The maximum Gasteiger partial charge on any atom is 0.212 e. The van der Waals surface area contributed by atoms with E-state index in [1.807, 2.05) is 0 Å². The molecule has 0 aliphatic rings. The van der Waals surface area contributed by atoms with Gasteiger partial charge in [0.2, 0.25) is 11.0 Å². The first-order chi connectivity index (χ1) is 11.9. The van der Waals surface area contributed by atoms with Crippen molar-refractivity contribution in [3.63, 3.8) is 0 Å². The topological polar surface area (TPSA) is 7.76 Å². The van der Waals surface area contributed by atoms with E-state index in [2.05, 4.69) is 106 Å². The third kappa shape index (κ3) is 4.37. The summed E-state index contributed by atoms with van der Waals surface area (Å²) in [5, 5.41) is 2.55. The summed E-state index contributed by atoms with van der Waals surface area (Å²) in [6, 6.07) is 25.5. The van der Waals surface area contributed by atoms with E-state index in [-0.39, 0.29) is 34.0 Å². The Morgan fingerprint density at radius 3 is 1.38 bits per heavy atom. The maximum absolute atomic E-state index is 2.28. The van der Waals surface area contributed by atoms with E-state index in [9.17, 15) is 0 Å². The molecule has 0 bridgehead atoms. The average molecular weight is 472 g/mol. The highest BCUT2D eigenvalue weighted by molar-refractivity contribution is 5.75. The molecule has 0 amide bonds. The van der Waals surface area contributed by atoms with Gasteiger partial charge in [0.05, 0.1) is 0 Å². The Balaban J connectivity index is 0.00000121. The minimum atomic E-state index is 0. The predicted octanol–water partition coefficient (Wildman–Crippen LogP) is -2.17. The van der Waals surface area contributed by atoms with Crippen molar-refractivity contribution in [2.24, 2.45) is 0 Å². The number of pyridine rings is 2. The lowest BCUT2D eigenvalue weighted by Gasteiger charge is -1.99. The van der Waals surface area contributed by atoms with Crippen molar-refractivity contribution in [1.82, 2.24) is 0 Å². The van der Waals surface area contributed by atoms with Gasteiger partial charge in [0.25, 0.3) is 0 Å². The van der Waals surface area contributed by atoms with Gasteiger partial charge in [0.1, 0.15) is 0 Å². The predicted molar refractivity (Wildman–Crippen MR) is 97.4 cm³/mol. The van der Waals surface area contributed by atoms with Crippen LogP contribution in [0.4, 0.5) is 0 Å². The summed E-state index contributed by atoms with van der Waals surface area (Å²) in [5.74, 6) is 0. The van der Waals surface area contributed by atoms with E-state index in [1.165, 1.54) is 21.8 Å². The Hall–Kier alpha value is -2.04. The molecule has 0 aliphatic carbocycles. The number of hydrogen-bond donors (Lipinski definition) is 0. The van der Waals surface area contributed by atoms with Crippen LogP contribution in [-0.4, -0.2) is 0 Å². The van der Waals surface area contributed by atoms with E-state index in [0.717, 1.165) is 13.1 Å². The minimum absolute atomic E-state index is 0. The smallest absolute Gasteiger partial charge is 0.212 e. The lowest BCUT2D eigenvalue weighted by atomic mass is 10.2. The molecule has 2 aromatic carbocycles. The van der Waals surface area contributed by atoms with Gasteiger partial charge in [-0.05, 0) is 36.4 Å². The zero-order valence-electron chi connectivity index (χ0n) is 14.3. The van der Waals surface area contributed by atoms with Gasteiger partial charge in [0, 0.05) is 35.0 Å². The number of para-hydroxylation sites is 2. The molecule has 0 saturated heterocycles. The van der Waals surface area contributed by atoms with Crippen LogP contribution in [0.1, 0.15) is 0 Å². The van der Waals surface area contributed by atoms with E-state index in [0.29, 0.717) is 0 Å². The molecular formula is C22H20Br2N2. The molecule has 0 saturated carbocycles. The fourth-order valence-corrected chi connectivity index (χ4v) is 3.14. The molecule has 26 heavy (non-hydrogen) atoms. The molecule has 2 nitrogen and oxygen atoms in total. The third-order valence-corrected chi connectivity index (χ3v) is 4.35. The van der Waals surface area contributed by atoms with Crippen LogP contribution in [0.15, 0.2) is 97.3 Å². The van der Waals surface area contributed by atoms with Gasteiger partial charge in [-0.3, -0.25) is 0 Å². The van der Waals surface area contributed by atoms with Crippen LogP contribution in [0.25, 0.3) is 21.8 Å². The first-order valence-electron chi connectivity index (χ1n) is 8.31. The van der Waals surface area contributed by atoms with Crippen LogP contribution in [0.2, 0.25) is 0 Å². The Morgan fingerprint density at radius 1 is 0.538 bits per heavy atom. The standard InChI is InChI=1S/C22H20N2.2BrH/c1-3-13-21-19(9-1)11-7-17-23(21)15-5-6-16-24-18-8-12-20-10-2-4-14-22(20)24;;/h1-14,17-18H,15-16H2;2*1H/q+2;;/p-2/b6-5+;;. The van der Waals surface area contributed by atoms with E-state index in [4.69, 9.17) is 0 Å². The zero-order chi connectivity index (χ0) is 16.2. The second-order valence-electron chi connectivity index (χ2n) is 5.91. The van der Waals surface area contributed by atoms with Crippen LogP contribution < -0.4 is 43.1 Å². The second-order valence-corrected chi connectivity index (χ2v) is 5.91. The van der Waals surface area contributed by atoms with Crippen molar-refractivity contribution in [3.8, 4) is 0 Å². The molecule has 4 aromatic rings. The van der Waals surface area contributed by atoms with Crippen LogP contribution in [-0.2, 0) is 13.1 Å². The first-order valence-corrected chi connectivity index (χ1v) is 8.31. The fraction of sp³-hybridized carbons (Fsp3) is 0.0909. The number of nitrogens with zero attached hydrogens (tertiary/aromatic N) is 2. The quantitative estimate of drug-likeness (QED) is 0.236. The molecule has 2 aromatic heterocycles. The number of aromatic nitrogens is 2. The highest BCUT2D eigenvalue weighted by Crippen LogP contribution is 2.08. The average Bonchev–Trinajstić information content (AvgIpc) is 2.65. The zero-order valence-corrected chi connectivity index (χ0v) is 17.5. The first kappa shape index (κ1) is 20.3. The molecular weight excluding hydrogens is 452 g/mol. The molecule has 4 rings (SSSR count). The number of fused-ring (bicyclic) bond motifs is 2. The van der Waals surface area contributed by atoms with Crippen molar-refractivity contribution < 1.29 is 43.1 Å². The SMILES string of the molecule is C(=C\C[n+]1cccc2ccccc21)/C[n+]1cccc2ccccc21.[Br-].[Br-]. The van der Waals surface area contributed by atoms with E-state index >= 15 is 0 Å². The summed E-state index contributed by atoms with van der Waals surface area (Å²) in [5.41, 5.74) is 2.53. The van der Waals surface area contributed by atoms with Gasteiger partial charge in [-0.2, -0.15) is 9.13 Å². The molecule has 132 valence electrons. The van der Waals surface area contributed by atoms with Gasteiger partial charge < -0.3 is 34.0 Å². The second kappa shape index (κ2) is 9.60. The maximum atomic E-state index is 2.28. The number of benzene rings is 2. The molecule has 4 heteroatoms. The summed E-state index contributed by atoms with van der Waals surface area (Å²) < 4.78 is 4.55. The summed E-state index contributed by atoms with van der Waals surface area (Å²) >= 11 is 0. The number of hydrogen-bond acceptors (Lipinski definition) is 0. The molecule has 0 N–H and O–H groups in total. The Labute approximate surface area is 175 Å². The number of halogens is 2. The Kier molecular flexibility index (Phi) is 7.49. The van der Waals surface area contributed by atoms with Gasteiger partial charge in [0.15, 0.2) is 25.5 Å². The minimum Gasteiger partial charge on any atom is -1.00 e. The Morgan fingerprint density at radius 2 is 0.923 bits per heavy atom. The number of rotatable bonds is 4. The van der Waals surface area contributed by atoms with Gasteiger partial charge in [-0.25, -0.2) is 0 Å². The lowest BCUT2D eigenvalue weighted by molar-refractivity contribution is -0.665. The highest BCUT2D eigenvalue weighted by atomic mass is 79.9. The van der Waals surface area contributed by atoms with Crippen molar-refractivity contribution in [2.45, 2.75) is 13.1 Å². The molecule has 0 radical (unpaired) electrons. The third-order valence-electron chi connectivity index (χ3n) is 4.35. The molecule has 0 unspecified atom stereocenters. The normalized spacial score (nSPS) is 10.6. The fourth-order valence-electron chi connectivity index (χ4n) is 3.14. The van der Waals surface area contributed by atoms with Gasteiger partial charge in [-0.15, -0.1) is 0 Å². The molecule has 0 fully saturated rings. The summed E-state index contributed by atoms with van der Waals surface area (Å²) in [4.78, 5) is 0. The molecule has 2 heterocycles. The summed E-state index contributed by atoms with van der Waals surface area (Å²) in [7, 11) is 0. The molecule has 0 aliphatic heterocycles. The Bertz CT molecular complexity index is 935. The molecule has 0 atom stereocenters. The van der Waals surface area contributed by atoms with Crippen molar-refractivity contribution in [1.29, 1.82) is 0 Å². The van der Waals surface area contributed by atoms with E-state index in [1.54, 1.807) is 0 Å². The van der Waals surface area contributed by atoms with Crippen LogP contribution >= 0.6 is 0 Å². The lowest BCUT2D eigenvalue weighted by Crippen LogP contribution is -3.00. The van der Waals surface area contributed by atoms with Crippen LogP contribution in [0.5, 0.6) is 0 Å². The van der Waals surface area contributed by atoms with E-state index < -0.39 is 0 Å². The van der Waals surface area contributed by atoms with Crippen molar-refractivity contribution in [2.75, 3.05) is 0 Å². The van der Waals surface area contributed by atoms with Crippen LogP contribution in [0, 0.1) is 0 Å². The number of allylic oxidation sites excluding steroid dienone is 2.